The van der Waals surface area contributed by atoms with Gasteiger partial charge >= 0.3 is 6.61 Å². The van der Waals surface area contributed by atoms with E-state index < -0.39 is 24.3 Å². The Labute approximate surface area is 171 Å². The molecule has 2 amide bonds. The topological polar surface area (TPSA) is 80.2 Å². The molecule has 1 saturated heterocycles. The largest absolute Gasteiger partial charge is 0.435 e. The number of nitrogens with one attached hydrogen (secondary N) is 1. The molecule has 30 heavy (non-hydrogen) atoms. The number of hydrogen-bond donors (Lipinski definition) is 1. The van der Waals surface area contributed by atoms with Crippen LogP contribution in [0.15, 0.2) is 53.6 Å². The summed E-state index contributed by atoms with van der Waals surface area (Å²) in [5, 5.41) is 8.05. The van der Waals surface area contributed by atoms with Crippen LogP contribution in [0.1, 0.15) is 18.4 Å². The number of ether oxygens (including phenoxy) is 2. The molecule has 0 spiro atoms. The summed E-state index contributed by atoms with van der Waals surface area (Å²) in [6, 6.07) is 12.9. The molecule has 2 aliphatic rings. The molecule has 0 aliphatic carbocycles. The lowest BCUT2D eigenvalue weighted by Crippen LogP contribution is -2.36. The van der Waals surface area contributed by atoms with Crippen molar-refractivity contribution in [3.63, 3.8) is 0 Å². The van der Waals surface area contributed by atoms with Crippen molar-refractivity contribution in [3.8, 4) is 5.75 Å². The number of nitrogens with zero attached hydrogens (tertiary/aromatic N) is 2. The molecule has 2 aromatic carbocycles. The smallest absolute Gasteiger partial charge is 0.387 e. The van der Waals surface area contributed by atoms with Crippen molar-refractivity contribution in [1.29, 1.82) is 0 Å². The fourth-order valence-corrected chi connectivity index (χ4v) is 3.33. The second-order valence-corrected chi connectivity index (χ2v) is 7.05. The summed E-state index contributed by atoms with van der Waals surface area (Å²) in [7, 11) is 0. The summed E-state index contributed by atoms with van der Waals surface area (Å²) in [5.74, 6) is -1.80. The Morgan fingerprint density at radius 3 is 2.60 bits per heavy atom. The van der Waals surface area contributed by atoms with E-state index in [9.17, 15) is 18.4 Å². The first kappa shape index (κ1) is 20.0. The number of amides is 2. The van der Waals surface area contributed by atoms with Crippen molar-refractivity contribution in [2.75, 3.05) is 23.5 Å². The third-order valence-electron chi connectivity index (χ3n) is 4.96. The fraction of sp³-hybridized carbons (Fsp3) is 0.286. The molecule has 0 bridgehead atoms. The van der Waals surface area contributed by atoms with Gasteiger partial charge in [0.1, 0.15) is 5.75 Å². The maximum atomic E-state index is 12.8. The molecular formula is C21H19F2N3O4. The van der Waals surface area contributed by atoms with E-state index in [2.05, 4.69) is 15.2 Å². The lowest BCUT2D eigenvalue weighted by atomic mass is 9.97. The van der Waals surface area contributed by atoms with Crippen LogP contribution in [-0.2, 0) is 14.3 Å². The highest BCUT2D eigenvalue weighted by atomic mass is 19.3. The van der Waals surface area contributed by atoms with Crippen LogP contribution in [0.3, 0.4) is 0 Å². The third kappa shape index (κ3) is 4.02. The predicted molar refractivity (Wildman–Crippen MR) is 106 cm³/mol. The van der Waals surface area contributed by atoms with Gasteiger partial charge in [-0.15, -0.1) is 0 Å². The van der Waals surface area contributed by atoms with Crippen molar-refractivity contribution in [2.24, 2.45) is 11.0 Å². The van der Waals surface area contributed by atoms with Crippen molar-refractivity contribution in [1.82, 2.24) is 0 Å². The number of halogens is 2. The van der Waals surface area contributed by atoms with Gasteiger partial charge in [-0.1, -0.05) is 12.1 Å². The van der Waals surface area contributed by atoms with Gasteiger partial charge in [-0.05, 0) is 48.9 Å². The van der Waals surface area contributed by atoms with Crippen molar-refractivity contribution in [2.45, 2.75) is 19.5 Å². The SMILES string of the molecule is CC1=NN(c2ccc(OC(F)F)cc2)C(=O)C1C(=O)Nc1cccc(C2COC2)c1. The standard InChI is InChI=1S/C21H19F2N3O4/c1-12-18(19(27)24-15-4-2-3-13(9-15)14-10-29-11-14)20(28)26(25-12)16-5-7-17(8-6-16)30-21(22)23/h2-9,14,18,21H,10-11H2,1H3,(H,24,27). The summed E-state index contributed by atoms with van der Waals surface area (Å²) in [4.78, 5) is 25.6. The number of alkyl halides is 2. The monoisotopic (exact) mass is 415 g/mol. The van der Waals surface area contributed by atoms with Crippen LogP contribution in [0.2, 0.25) is 0 Å². The molecule has 2 heterocycles. The number of hydrazone groups is 1. The molecule has 0 radical (unpaired) electrons. The highest BCUT2D eigenvalue weighted by molar-refractivity contribution is 6.28. The Morgan fingerprint density at radius 2 is 1.97 bits per heavy atom. The molecule has 7 nitrogen and oxygen atoms in total. The maximum absolute atomic E-state index is 12.8. The lowest BCUT2D eigenvalue weighted by molar-refractivity contribution is -0.127. The Kier molecular flexibility index (Phi) is 5.45. The van der Waals surface area contributed by atoms with E-state index >= 15 is 0 Å². The van der Waals surface area contributed by atoms with E-state index in [-0.39, 0.29) is 5.75 Å². The average Bonchev–Trinajstić information content (AvgIpc) is 2.95. The molecule has 1 atom stereocenters. The van der Waals surface area contributed by atoms with E-state index in [4.69, 9.17) is 4.74 Å². The Bertz CT molecular complexity index is 990. The second kappa shape index (κ2) is 8.19. The second-order valence-electron chi connectivity index (χ2n) is 7.05. The summed E-state index contributed by atoms with van der Waals surface area (Å²) in [6.07, 6.45) is 0. The van der Waals surface area contributed by atoms with Gasteiger partial charge in [-0.2, -0.15) is 18.9 Å². The van der Waals surface area contributed by atoms with Gasteiger partial charge in [0.15, 0.2) is 5.92 Å². The zero-order chi connectivity index (χ0) is 21.3. The van der Waals surface area contributed by atoms with Gasteiger partial charge in [-0.25, -0.2) is 0 Å². The summed E-state index contributed by atoms with van der Waals surface area (Å²) >= 11 is 0. The number of carbonyl (C=O) groups is 2. The number of hydrogen-bond acceptors (Lipinski definition) is 5. The van der Waals surface area contributed by atoms with E-state index in [0.717, 1.165) is 10.6 Å². The third-order valence-corrected chi connectivity index (χ3v) is 4.96. The number of carbonyl (C=O) groups excluding carboxylic acids is 2. The first-order chi connectivity index (χ1) is 14.4. The number of anilines is 2. The van der Waals surface area contributed by atoms with E-state index in [1.54, 1.807) is 13.0 Å². The summed E-state index contributed by atoms with van der Waals surface area (Å²) in [5.41, 5.74) is 2.35. The molecule has 9 heteroatoms. The molecule has 0 aromatic heterocycles. The molecule has 4 rings (SSSR count). The molecule has 2 aliphatic heterocycles. The van der Waals surface area contributed by atoms with Crippen molar-refractivity contribution < 1.29 is 27.8 Å². The molecule has 156 valence electrons. The van der Waals surface area contributed by atoms with Crippen molar-refractivity contribution >= 4 is 28.9 Å². The predicted octanol–water partition coefficient (Wildman–Crippen LogP) is 3.38. The van der Waals surface area contributed by atoms with Gasteiger partial charge in [0.25, 0.3) is 5.91 Å². The normalized spacial score (nSPS) is 18.9. The molecule has 1 N–H and O–H groups in total. The first-order valence-corrected chi connectivity index (χ1v) is 9.35. The van der Waals surface area contributed by atoms with Gasteiger partial charge in [0, 0.05) is 11.6 Å². The van der Waals surface area contributed by atoms with Crippen LogP contribution in [0, 0.1) is 5.92 Å². The minimum Gasteiger partial charge on any atom is -0.435 e. The fourth-order valence-electron chi connectivity index (χ4n) is 3.33. The van der Waals surface area contributed by atoms with Crippen LogP contribution < -0.4 is 15.1 Å². The lowest BCUT2D eigenvalue weighted by Gasteiger charge is -2.26. The summed E-state index contributed by atoms with van der Waals surface area (Å²) in [6.45, 7) is -0.0350. The molecule has 0 saturated carbocycles. The zero-order valence-corrected chi connectivity index (χ0v) is 16.0. The molecule has 1 unspecified atom stereocenters. The summed E-state index contributed by atoms with van der Waals surface area (Å²) < 4.78 is 34.1. The number of benzene rings is 2. The van der Waals surface area contributed by atoms with Gasteiger partial charge in [0.05, 0.1) is 24.6 Å². The molecule has 2 aromatic rings. The van der Waals surface area contributed by atoms with Crippen molar-refractivity contribution in [3.05, 3.63) is 54.1 Å². The van der Waals surface area contributed by atoms with E-state index in [1.807, 2.05) is 18.2 Å². The minimum absolute atomic E-state index is 0.0351. The highest BCUT2D eigenvalue weighted by Crippen LogP contribution is 2.29. The highest BCUT2D eigenvalue weighted by Gasteiger charge is 2.39. The van der Waals surface area contributed by atoms with Gasteiger partial charge in [-0.3, -0.25) is 9.59 Å². The quantitative estimate of drug-likeness (QED) is 0.734. The van der Waals surface area contributed by atoms with E-state index in [0.29, 0.717) is 36.2 Å². The van der Waals surface area contributed by atoms with Crippen LogP contribution in [0.4, 0.5) is 20.2 Å². The van der Waals surface area contributed by atoms with Gasteiger partial charge < -0.3 is 14.8 Å². The van der Waals surface area contributed by atoms with Crippen LogP contribution in [0.25, 0.3) is 0 Å². The van der Waals surface area contributed by atoms with Crippen LogP contribution in [0.5, 0.6) is 5.75 Å². The Morgan fingerprint density at radius 1 is 1.23 bits per heavy atom. The Balaban J connectivity index is 1.46. The zero-order valence-electron chi connectivity index (χ0n) is 16.0. The van der Waals surface area contributed by atoms with Crippen LogP contribution in [-0.4, -0.2) is 37.4 Å². The minimum atomic E-state index is -2.94. The maximum Gasteiger partial charge on any atom is 0.387 e. The average molecular weight is 415 g/mol. The first-order valence-electron chi connectivity index (χ1n) is 9.35. The molecule has 1 fully saturated rings. The van der Waals surface area contributed by atoms with E-state index in [1.165, 1.54) is 24.3 Å². The molecular weight excluding hydrogens is 396 g/mol. The van der Waals surface area contributed by atoms with Crippen LogP contribution >= 0.6 is 0 Å². The number of rotatable bonds is 6. The van der Waals surface area contributed by atoms with Gasteiger partial charge in [0.2, 0.25) is 5.91 Å². The Hall–Kier alpha value is -3.33.